The summed E-state index contributed by atoms with van der Waals surface area (Å²) in [6.45, 7) is 3.49. The van der Waals surface area contributed by atoms with Crippen molar-refractivity contribution < 1.29 is 33.3 Å². The van der Waals surface area contributed by atoms with Gasteiger partial charge < -0.3 is 24.7 Å². The lowest BCUT2D eigenvalue weighted by molar-refractivity contribution is -0.118. The van der Waals surface area contributed by atoms with Gasteiger partial charge >= 0.3 is 5.97 Å². The molecule has 0 saturated heterocycles. The molecule has 1 aromatic heterocycles. The molecule has 0 fully saturated rings. The summed E-state index contributed by atoms with van der Waals surface area (Å²) in [6.07, 6.45) is 2.30. The average Bonchev–Trinajstić information content (AvgIpc) is 2.85. The number of hydrogen-bond acceptors (Lipinski definition) is 9. The highest BCUT2D eigenvalue weighted by atomic mass is 16.5. The van der Waals surface area contributed by atoms with E-state index in [1.807, 2.05) is 13.8 Å². The van der Waals surface area contributed by atoms with Crippen molar-refractivity contribution >= 4 is 17.8 Å². The Labute approximate surface area is 192 Å². The van der Waals surface area contributed by atoms with Gasteiger partial charge in [-0.05, 0) is 36.6 Å². The molecule has 0 aliphatic carbocycles. The molecule has 0 aliphatic rings. The molecule has 0 saturated carbocycles. The first-order valence-electron chi connectivity index (χ1n) is 10.5. The van der Waals surface area contributed by atoms with Gasteiger partial charge in [-0.2, -0.15) is 0 Å². The highest BCUT2D eigenvalue weighted by molar-refractivity contribution is 6.06. The van der Waals surface area contributed by atoms with Crippen molar-refractivity contribution in [2.45, 2.75) is 39.4 Å². The van der Waals surface area contributed by atoms with Gasteiger partial charge in [0.15, 0.2) is 22.9 Å². The SMILES string of the molecule is CCC(CC)OC(=O)c1cnc(C(=O)NC(=O)CN)c(OCc2ccc(OC)c(OC)c2)c1. The van der Waals surface area contributed by atoms with Gasteiger partial charge in [0, 0.05) is 6.20 Å². The quantitative estimate of drug-likeness (QED) is 0.484. The van der Waals surface area contributed by atoms with Crippen LogP contribution in [0.4, 0.5) is 0 Å². The number of carbonyl (C=O) groups excluding carboxylic acids is 3. The molecular formula is C23H29N3O7. The van der Waals surface area contributed by atoms with E-state index in [0.29, 0.717) is 29.9 Å². The normalized spacial score (nSPS) is 10.5. The fourth-order valence-electron chi connectivity index (χ4n) is 2.88. The molecule has 1 heterocycles. The van der Waals surface area contributed by atoms with E-state index in [-0.39, 0.29) is 36.3 Å². The highest BCUT2D eigenvalue weighted by Gasteiger charge is 2.21. The highest BCUT2D eigenvalue weighted by Crippen LogP contribution is 2.28. The van der Waals surface area contributed by atoms with Crippen LogP contribution in [-0.4, -0.2) is 49.6 Å². The van der Waals surface area contributed by atoms with Crippen LogP contribution >= 0.6 is 0 Å². The number of pyridine rings is 1. The first-order chi connectivity index (χ1) is 15.9. The van der Waals surface area contributed by atoms with Crippen LogP contribution in [0.25, 0.3) is 0 Å². The summed E-state index contributed by atoms with van der Waals surface area (Å²) >= 11 is 0. The number of nitrogens with two attached hydrogens (primary N) is 1. The Kier molecular flexibility index (Phi) is 9.62. The van der Waals surface area contributed by atoms with Gasteiger partial charge in [-0.25, -0.2) is 9.78 Å². The van der Waals surface area contributed by atoms with E-state index >= 15 is 0 Å². The number of aromatic nitrogens is 1. The van der Waals surface area contributed by atoms with Crippen molar-refractivity contribution in [2.24, 2.45) is 5.73 Å². The lowest BCUT2D eigenvalue weighted by atomic mass is 10.2. The minimum atomic E-state index is -0.798. The number of benzene rings is 1. The summed E-state index contributed by atoms with van der Waals surface area (Å²) in [5.74, 6) is -0.999. The summed E-state index contributed by atoms with van der Waals surface area (Å²) in [5, 5.41) is 2.12. The Morgan fingerprint density at radius 3 is 2.33 bits per heavy atom. The largest absolute Gasteiger partial charge is 0.493 e. The molecule has 0 bridgehead atoms. The smallest absolute Gasteiger partial charge is 0.340 e. The van der Waals surface area contributed by atoms with Crippen LogP contribution in [-0.2, 0) is 16.1 Å². The number of esters is 1. The number of amides is 2. The first kappa shape index (κ1) is 25.6. The number of hydrogen-bond donors (Lipinski definition) is 2. The van der Waals surface area contributed by atoms with Crippen molar-refractivity contribution in [2.75, 3.05) is 20.8 Å². The molecule has 2 aromatic rings. The monoisotopic (exact) mass is 459 g/mol. The number of ether oxygens (including phenoxy) is 4. The van der Waals surface area contributed by atoms with Gasteiger partial charge in [-0.15, -0.1) is 0 Å². The third-order valence-corrected chi connectivity index (χ3v) is 4.77. The van der Waals surface area contributed by atoms with Crippen LogP contribution in [0, 0.1) is 0 Å². The fraction of sp³-hybridized carbons (Fsp3) is 0.391. The zero-order valence-electron chi connectivity index (χ0n) is 19.2. The molecule has 0 aliphatic heterocycles. The second kappa shape index (κ2) is 12.4. The maximum atomic E-state index is 12.5. The number of carbonyl (C=O) groups is 3. The standard InChI is InChI=1S/C23H29N3O7/c1-5-16(6-2)33-23(29)15-10-19(21(25-12-15)22(28)26-20(27)11-24)32-13-14-7-8-17(30-3)18(9-14)31-4/h7-10,12,16H,5-6,11,13,24H2,1-4H3,(H,26,27,28). The number of imide groups is 1. The molecule has 178 valence electrons. The summed E-state index contributed by atoms with van der Waals surface area (Å²) in [5.41, 5.74) is 5.92. The molecule has 10 nitrogen and oxygen atoms in total. The van der Waals surface area contributed by atoms with Gasteiger partial charge in [0.2, 0.25) is 5.91 Å². The predicted molar refractivity (Wildman–Crippen MR) is 119 cm³/mol. The van der Waals surface area contributed by atoms with Crippen LogP contribution in [0.1, 0.15) is 53.1 Å². The number of rotatable bonds is 11. The lowest BCUT2D eigenvalue weighted by Gasteiger charge is -2.16. The Bertz CT molecular complexity index is 990. The molecule has 0 radical (unpaired) electrons. The Morgan fingerprint density at radius 2 is 1.73 bits per heavy atom. The third kappa shape index (κ3) is 6.91. The van der Waals surface area contributed by atoms with Gasteiger partial charge in [0.1, 0.15) is 12.7 Å². The zero-order valence-corrected chi connectivity index (χ0v) is 19.2. The van der Waals surface area contributed by atoms with Crippen molar-refractivity contribution in [3.8, 4) is 17.2 Å². The van der Waals surface area contributed by atoms with Crippen LogP contribution < -0.4 is 25.3 Å². The van der Waals surface area contributed by atoms with E-state index < -0.39 is 17.8 Å². The second-order valence-electron chi connectivity index (χ2n) is 6.97. The van der Waals surface area contributed by atoms with Crippen LogP contribution in [0.5, 0.6) is 17.2 Å². The van der Waals surface area contributed by atoms with Gasteiger partial charge in [0.25, 0.3) is 5.91 Å². The number of nitrogens with one attached hydrogen (secondary N) is 1. The first-order valence-corrected chi connectivity index (χ1v) is 10.5. The van der Waals surface area contributed by atoms with Crippen molar-refractivity contribution in [3.63, 3.8) is 0 Å². The average molecular weight is 459 g/mol. The Balaban J connectivity index is 2.33. The molecule has 10 heteroatoms. The summed E-state index contributed by atoms with van der Waals surface area (Å²) in [6, 6.07) is 6.56. The number of methoxy groups -OCH3 is 2. The summed E-state index contributed by atoms with van der Waals surface area (Å²) in [7, 11) is 3.04. The minimum absolute atomic E-state index is 0.00565. The number of nitrogens with zero attached hydrogens (tertiary/aromatic N) is 1. The van der Waals surface area contributed by atoms with Gasteiger partial charge in [-0.3, -0.25) is 14.9 Å². The molecular weight excluding hydrogens is 430 g/mol. The van der Waals surface area contributed by atoms with Crippen LogP contribution in [0.15, 0.2) is 30.5 Å². The van der Waals surface area contributed by atoms with Crippen molar-refractivity contribution in [1.29, 1.82) is 0 Å². The molecule has 2 amide bonds. The molecule has 1 aromatic carbocycles. The van der Waals surface area contributed by atoms with Crippen LogP contribution in [0.3, 0.4) is 0 Å². The van der Waals surface area contributed by atoms with E-state index in [4.69, 9.17) is 24.7 Å². The topological polar surface area (TPSA) is 139 Å². The summed E-state index contributed by atoms with van der Waals surface area (Å²) < 4.78 is 21.8. The molecule has 0 spiro atoms. The molecule has 0 atom stereocenters. The summed E-state index contributed by atoms with van der Waals surface area (Å²) in [4.78, 5) is 40.6. The molecule has 0 unspecified atom stereocenters. The fourth-order valence-corrected chi connectivity index (χ4v) is 2.88. The van der Waals surface area contributed by atoms with Crippen molar-refractivity contribution in [3.05, 3.63) is 47.3 Å². The molecule has 2 rings (SSSR count). The van der Waals surface area contributed by atoms with Crippen LogP contribution in [0.2, 0.25) is 0 Å². The third-order valence-electron chi connectivity index (χ3n) is 4.77. The zero-order chi connectivity index (χ0) is 24.4. The van der Waals surface area contributed by atoms with Crippen molar-refractivity contribution in [1.82, 2.24) is 10.3 Å². The Hall–Kier alpha value is -3.66. The van der Waals surface area contributed by atoms with E-state index in [9.17, 15) is 14.4 Å². The van der Waals surface area contributed by atoms with E-state index in [2.05, 4.69) is 10.3 Å². The van der Waals surface area contributed by atoms with Gasteiger partial charge in [-0.1, -0.05) is 19.9 Å². The van der Waals surface area contributed by atoms with E-state index in [1.54, 1.807) is 18.2 Å². The maximum Gasteiger partial charge on any atom is 0.340 e. The minimum Gasteiger partial charge on any atom is -0.493 e. The lowest BCUT2D eigenvalue weighted by Crippen LogP contribution is -2.36. The second-order valence-corrected chi connectivity index (χ2v) is 6.97. The molecule has 3 N–H and O–H groups in total. The van der Waals surface area contributed by atoms with Gasteiger partial charge in [0.05, 0.1) is 26.3 Å². The molecule has 33 heavy (non-hydrogen) atoms. The van der Waals surface area contributed by atoms with E-state index in [0.717, 1.165) is 0 Å². The Morgan fingerprint density at radius 1 is 1.03 bits per heavy atom. The van der Waals surface area contributed by atoms with E-state index in [1.165, 1.54) is 26.5 Å². The maximum absolute atomic E-state index is 12.5. The predicted octanol–water partition coefficient (Wildman–Crippen LogP) is 2.24.